The molecular weight excluding hydrogens is 337 g/mol. The van der Waals surface area contributed by atoms with Crippen molar-refractivity contribution in [2.45, 2.75) is 31.5 Å². The Morgan fingerprint density at radius 3 is 2.60 bits per heavy atom. The Morgan fingerprint density at radius 1 is 1.24 bits per heavy atom. The van der Waals surface area contributed by atoms with Crippen LogP contribution in [0.2, 0.25) is 0 Å². The van der Waals surface area contributed by atoms with Gasteiger partial charge in [0.25, 0.3) is 0 Å². The summed E-state index contributed by atoms with van der Waals surface area (Å²) in [6.07, 6.45) is -2.70. The van der Waals surface area contributed by atoms with E-state index in [-0.39, 0.29) is 17.4 Å². The zero-order valence-electron chi connectivity index (χ0n) is 13.5. The summed E-state index contributed by atoms with van der Waals surface area (Å²) in [5.41, 5.74) is 0.423. The van der Waals surface area contributed by atoms with E-state index in [4.69, 9.17) is 4.74 Å². The van der Waals surface area contributed by atoms with Gasteiger partial charge in [-0.05, 0) is 32.0 Å². The molecule has 0 amide bonds. The predicted molar refractivity (Wildman–Crippen MR) is 84.5 cm³/mol. The third kappa shape index (κ3) is 4.85. The minimum Gasteiger partial charge on any atom is -0.484 e. The lowest BCUT2D eigenvalue weighted by Crippen LogP contribution is -2.33. The van der Waals surface area contributed by atoms with Crippen LogP contribution in [0.25, 0.3) is 0 Å². The molecular formula is C16H19F3N4O2. The van der Waals surface area contributed by atoms with E-state index in [2.05, 4.69) is 20.1 Å². The molecule has 1 aliphatic heterocycles. The van der Waals surface area contributed by atoms with Crippen molar-refractivity contribution in [1.82, 2.24) is 20.1 Å². The Labute approximate surface area is 142 Å². The van der Waals surface area contributed by atoms with Gasteiger partial charge in [-0.15, -0.1) is 0 Å². The number of para-hydroxylation sites is 1. The second-order valence-corrected chi connectivity index (χ2v) is 6.12. The zero-order valence-corrected chi connectivity index (χ0v) is 13.5. The SMILES string of the molecule is O=c1[nH]nc(C2CCN(Cc3ccccc3OCC(F)(F)F)CC2)[nH]1. The molecule has 136 valence electrons. The first-order chi connectivity index (χ1) is 11.9. The maximum Gasteiger partial charge on any atom is 0.422 e. The number of rotatable bonds is 5. The molecule has 0 aliphatic carbocycles. The van der Waals surface area contributed by atoms with Gasteiger partial charge in [0, 0.05) is 18.0 Å². The van der Waals surface area contributed by atoms with Gasteiger partial charge in [0.1, 0.15) is 11.6 Å². The standard InChI is InChI=1S/C16H19F3N4O2/c17-16(18,19)10-25-13-4-2-1-3-12(13)9-23-7-5-11(6-8-23)14-20-15(24)22-21-14/h1-4,11H,5-10H2,(H2,20,21,22,24). The lowest BCUT2D eigenvalue weighted by molar-refractivity contribution is -0.153. The van der Waals surface area contributed by atoms with E-state index in [1.165, 1.54) is 0 Å². The smallest absolute Gasteiger partial charge is 0.422 e. The van der Waals surface area contributed by atoms with E-state index in [0.29, 0.717) is 12.4 Å². The predicted octanol–water partition coefficient (Wildman–Crippen LogP) is 2.42. The number of halogens is 3. The molecule has 0 saturated carbocycles. The first-order valence-electron chi connectivity index (χ1n) is 8.05. The number of aromatic nitrogens is 3. The van der Waals surface area contributed by atoms with Crippen LogP contribution in [0.4, 0.5) is 13.2 Å². The van der Waals surface area contributed by atoms with Gasteiger partial charge in [0.15, 0.2) is 6.61 Å². The molecule has 1 fully saturated rings. The maximum atomic E-state index is 12.4. The number of alkyl halides is 3. The van der Waals surface area contributed by atoms with Crippen molar-refractivity contribution in [1.29, 1.82) is 0 Å². The molecule has 0 radical (unpaired) electrons. The van der Waals surface area contributed by atoms with Crippen LogP contribution < -0.4 is 10.4 Å². The van der Waals surface area contributed by atoms with Crippen molar-refractivity contribution in [3.05, 3.63) is 46.1 Å². The number of nitrogens with one attached hydrogen (secondary N) is 2. The highest BCUT2D eigenvalue weighted by Crippen LogP contribution is 2.28. The van der Waals surface area contributed by atoms with Gasteiger partial charge in [-0.2, -0.15) is 18.3 Å². The summed E-state index contributed by atoms with van der Waals surface area (Å²) in [4.78, 5) is 16.0. The fourth-order valence-corrected chi connectivity index (χ4v) is 3.02. The summed E-state index contributed by atoms with van der Waals surface area (Å²) < 4.78 is 42.0. The summed E-state index contributed by atoms with van der Waals surface area (Å²) in [5, 5.41) is 6.34. The van der Waals surface area contributed by atoms with E-state index in [0.717, 1.165) is 31.5 Å². The second kappa shape index (κ2) is 7.30. The van der Waals surface area contributed by atoms with Crippen LogP contribution >= 0.6 is 0 Å². The zero-order chi connectivity index (χ0) is 17.9. The quantitative estimate of drug-likeness (QED) is 0.863. The second-order valence-electron chi connectivity index (χ2n) is 6.12. The van der Waals surface area contributed by atoms with Gasteiger partial charge in [-0.1, -0.05) is 18.2 Å². The third-order valence-electron chi connectivity index (χ3n) is 4.25. The van der Waals surface area contributed by atoms with Crippen molar-refractivity contribution in [2.75, 3.05) is 19.7 Å². The van der Waals surface area contributed by atoms with Gasteiger partial charge in [0.2, 0.25) is 0 Å². The maximum absolute atomic E-state index is 12.4. The average Bonchev–Trinajstić information content (AvgIpc) is 3.00. The molecule has 2 N–H and O–H groups in total. The highest BCUT2D eigenvalue weighted by atomic mass is 19.4. The first kappa shape index (κ1) is 17.5. The Hall–Kier alpha value is -2.29. The molecule has 0 bridgehead atoms. The molecule has 1 aromatic heterocycles. The minimum atomic E-state index is -4.36. The minimum absolute atomic E-state index is 0.187. The number of nitrogens with zero attached hydrogens (tertiary/aromatic N) is 2. The van der Waals surface area contributed by atoms with Crippen LogP contribution in [0.15, 0.2) is 29.1 Å². The number of hydrogen-bond donors (Lipinski definition) is 2. The largest absolute Gasteiger partial charge is 0.484 e. The van der Waals surface area contributed by atoms with Crippen LogP contribution in [0.1, 0.15) is 30.1 Å². The Balaban J connectivity index is 1.58. The van der Waals surface area contributed by atoms with Gasteiger partial charge in [-0.25, -0.2) is 9.89 Å². The molecule has 2 heterocycles. The summed E-state index contributed by atoms with van der Waals surface area (Å²) in [5.74, 6) is 1.11. The highest BCUT2D eigenvalue weighted by molar-refractivity contribution is 5.33. The fourth-order valence-electron chi connectivity index (χ4n) is 3.02. The van der Waals surface area contributed by atoms with Crippen molar-refractivity contribution in [3.63, 3.8) is 0 Å². The summed E-state index contributed by atoms with van der Waals surface area (Å²) in [6, 6.07) is 6.79. The molecule has 0 atom stereocenters. The molecule has 0 unspecified atom stereocenters. The number of H-pyrrole nitrogens is 2. The third-order valence-corrected chi connectivity index (χ3v) is 4.25. The average molecular weight is 356 g/mol. The van der Waals surface area contributed by atoms with Crippen molar-refractivity contribution >= 4 is 0 Å². The van der Waals surface area contributed by atoms with E-state index in [9.17, 15) is 18.0 Å². The van der Waals surface area contributed by atoms with E-state index in [1.807, 2.05) is 0 Å². The van der Waals surface area contributed by atoms with Gasteiger partial charge in [-0.3, -0.25) is 9.88 Å². The van der Waals surface area contributed by atoms with E-state index >= 15 is 0 Å². The number of ether oxygens (including phenoxy) is 1. The van der Waals surface area contributed by atoms with Gasteiger partial charge < -0.3 is 4.74 Å². The Bertz CT molecular complexity index is 748. The van der Waals surface area contributed by atoms with Crippen molar-refractivity contribution in [2.24, 2.45) is 0 Å². The van der Waals surface area contributed by atoms with Gasteiger partial charge in [0.05, 0.1) is 0 Å². The summed E-state index contributed by atoms with van der Waals surface area (Å²) in [6.45, 7) is 0.775. The molecule has 6 nitrogen and oxygen atoms in total. The molecule has 1 aromatic carbocycles. The molecule has 3 rings (SSSR count). The van der Waals surface area contributed by atoms with Crippen LogP contribution in [-0.2, 0) is 6.54 Å². The molecule has 0 spiro atoms. The topological polar surface area (TPSA) is 74.0 Å². The molecule has 2 aromatic rings. The van der Waals surface area contributed by atoms with Crippen LogP contribution in [0, 0.1) is 0 Å². The summed E-state index contributed by atoms with van der Waals surface area (Å²) >= 11 is 0. The molecule has 1 saturated heterocycles. The lowest BCUT2D eigenvalue weighted by Gasteiger charge is -2.31. The van der Waals surface area contributed by atoms with Crippen LogP contribution in [0.5, 0.6) is 5.75 Å². The Kier molecular flexibility index (Phi) is 5.12. The molecule has 1 aliphatic rings. The molecule has 25 heavy (non-hydrogen) atoms. The van der Waals surface area contributed by atoms with E-state index in [1.54, 1.807) is 24.3 Å². The summed E-state index contributed by atoms with van der Waals surface area (Å²) in [7, 11) is 0. The number of likely N-dealkylation sites (tertiary alicyclic amines) is 1. The first-order valence-corrected chi connectivity index (χ1v) is 8.05. The molecule has 9 heteroatoms. The van der Waals surface area contributed by atoms with Crippen LogP contribution in [-0.4, -0.2) is 46.0 Å². The number of benzene rings is 1. The van der Waals surface area contributed by atoms with Crippen LogP contribution in [0.3, 0.4) is 0 Å². The monoisotopic (exact) mass is 356 g/mol. The highest BCUT2D eigenvalue weighted by Gasteiger charge is 2.29. The fraction of sp³-hybridized carbons (Fsp3) is 0.500. The van der Waals surface area contributed by atoms with Crippen molar-refractivity contribution in [3.8, 4) is 5.75 Å². The normalized spacial score (nSPS) is 16.9. The number of aromatic amines is 2. The lowest BCUT2D eigenvalue weighted by atomic mass is 9.96. The Morgan fingerprint density at radius 2 is 1.96 bits per heavy atom. The number of hydrogen-bond acceptors (Lipinski definition) is 4. The van der Waals surface area contributed by atoms with Gasteiger partial charge >= 0.3 is 11.9 Å². The van der Waals surface area contributed by atoms with Crippen molar-refractivity contribution < 1.29 is 17.9 Å². The number of piperidine rings is 1. The van der Waals surface area contributed by atoms with E-state index < -0.39 is 12.8 Å².